The number of halogens is 1. The molecule has 2 rings (SSSR count). The molecule has 2 aromatic carbocycles. The molecule has 0 saturated carbocycles. The molecule has 0 amide bonds. The summed E-state index contributed by atoms with van der Waals surface area (Å²) in [4.78, 5) is 0. The van der Waals surface area contributed by atoms with Gasteiger partial charge in [-0.05, 0) is 66.9 Å². The van der Waals surface area contributed by atoms with Crippen LogP contribution in [0.5, 0.6) is 0 Å². The lowest BCUT2D eigenvalue weighted by molar-refractivity contribution is 0.879. The lowest BCUT2D eigenvalue weighted by Gasteiger charge is -2.18. The van der Waals surface area contributed by atoms with Crippen molar-refractivity contribution >= 4 is 21.6 Å². The van der Waals surface area contributed by atoms with Crippen LogP contribution in [0, 0.1) is 20.8 Å². The summed E-state index contributed by atoms with van der Waals surface area (Å²) in [5.41, 5.74) is 6.34. The minimum absolute atomic E-state index is 0.289. The Hall–Kier alpha value is -1.28. The van der Waals surface area contributed by atoms with E-state index in [2.05, 4.69) is 85.3 Å². The van der Waals surface area contributed by atoms with E-state index in [1.807, 2.05) is 0 Å². The molecule has 0 radical (unpaired) electrons. The Kier molecular flexibility index (Phi) is 4.31. The summed E-state index contributed by atoms with van der Waals surface area (Å²) in [6.45, 7) is 8.58. The van der Waals surface area contributed by atoms with Gasteiger partial charge in [-0.15, -0.1) is 0 Å². The van der Waals surface area contributed by atoms with Crippen molar-refractivity contribution in [3.8, 4) is 0 Å². The zero-order valence-corrected chi connectivity index (χ0v) is 13.5. The van der Waals surface area contributed by atoms with Gasteiger partial charge in [0.05, 0.1) is 0 Å². The molecule has 0 aliphatic carbocycles. The van der Waals surface area contributed by atoms with E-state index < -0.39 is 0 Å². The van der Waals surface area contributed by atoms with Gasteiger partial charge in [0.15, 0.2) is 0 Å². The summed E-state index contributed by atoms with van der Waals surface area (Å²) < 4.78 is 1.11. The fraction of sp³-hybridized carbons (Fsp3) is 0.294. The van der Waals surface area contributed by atoms with E-state index in [9.17, 15) is 0 Å². The van der Waals surface area contributed by atoms with Gasteiger partial charge in [0.25, 0.3) is 0 Å². The molecular formula is C17H20BrN. The number of hydrogen-bond acceptors (Lipinski definition) is 1. The molecule has 0 aliphatic rings. The lowest BCUT2D eigenvalue weighted by Crippen LogP contribution is -2.07. The third kappa shape index (κ3) is 3.60. The molecule has 1 nitrogen and oxygen atoms in total. The van der Waals surface area contributed by atoms with E-state index in [0.717, 1.165) is 10.2 Å². The average Bonchev–Trinajstić information content (AvgIpc) is 2.31. The topological polar surface area (TPSA) is 12.0 Å². The number of benzene rings is 2. The maximum Gasteiger partial charge on any atom is 0.0489 e. The molecule has 1 atom stereocenters. The van der Waals surface area contributed by atoms with Crippen LogP contribution in [-0.4, -0.2) is 0 Å². The fourth-order valence-corrected chi connectivity index (χ4v) is 2.92. The van der Waals surface area contributed by atoms with Crippen LogP contribution in [0.4, 0.5) is 5.69 Å². The van der Waals surface area contributed by atoms with E-state index in [1.165, 1.54) is 22.3 Å². The van der Waals surface area contributed by atoms with Crippen molar-refractivity contribution in [1.29, 1.82) is 0 Å². The first-order chi connectivity index (χ1) is 8.95. The quantitative estimate of drug-likeness (QED) is 0.782. The second-order valence-electron chi connectivity index (χ2n) is 5.27. The molecule has 2 aromatic rings. The summed E-state index contributed by atoms with van der Waals surface area (Å²) in [7, 11) is 0. The van der Waals surface area contributed by atoms with Crippen molar-refractivity contribution in [2.75, 3.05) is 5.32 Å². The highest BCUT2D eigenvalue weighted by molar-refractivity contribution is 9.10. The number of aryl methyl sites for hydroxylation is 3. The second kappa shape index (κ2) is 5.79. The van der Waals surface area contributed by atoms with Crippen molar-refractivity contribution in [3.63, 3.8) is 0 Å². The lowest BCUT2D eigenvalue weighted by atomic mass is 10.0. The van der Waals surface area contributed by atoms with Gasteiger partial charge in [-0.2, -0.15) is 0 Å². The molecule has 1 N–H and O–H groups in total. The Bertz CT molecular complexity index is 570. The Balaban J connectivity index is 2.22. The van der Waals surface area contributed by atoms with E-state index in [-0.39, 0.29) is 6.04 Å². The Labute approximate surface area is 124 Å². The SMILES string of the molecule is Cc1cc(C)cc(C(C)Nc2ccc(C)cc2Br)c1. The van der Waals surface area contributed by atoms with Gasteiger partial charge in [0.1, 0.15) is 0 Å². The summed E-state index contributed by atoms with van der Waals surface area (Å²) >= 11 is 3.61. The molecule has 100 valence electrons. The normalized spacial score (nSPS) is 12.3. The van der Waals surface area contributed by atoms with E-state index in [0.29, 0.717) is 0 Å². The average molecular weight is 318 g/mol. The molecule has 0 bridgehead atoms. The molecule has 2 heteroatoms. The summed E-state index contributed by atoms with van der Waals surface area (Å²) in [6, 6.07) is 13.4. The molecule has 0 aromatic heterocycles. The second-order valence-corrected chi connectivity index (χ2v) is 6.12. The van der Waals surface area contributed by atoms with Gasteiger partial charge in [0.2, 0.25) is 0 Å². The Morgan fingerprint density at radius 3 is 2.11 bits per heavy atom. The number of hydrogen-bond donors (Lipinski definition) is 1. The summed E-state index contributed by atoms with van der Waals surface area (Å²) in [5, 5.41) is 3.56. The number of anilines is 1. The monoisotopic (exact) mass is 317 g/mol. The van der Waals surface area contributed by atoms with Crippen molar-refractivity contribution in [2.24, 2.45) is 0 Å². The third-order valence-corrected chi connectivity index (χ3v) is 3.90. The maximum atomic E-state index is 3.61. The zero-order chi connectivity index (χ0) is 14.0. The molecule has 0 fully saturated rings. The van der Waals surface area contributed by atoms with E-state index >= 15 is 0 Å². The maximum absolute atomic E-state index is 3.61. The van der Waals surface area contributed by atoms with Gasteiger partial charge in [-0.3, -0.25) is 0 Å². The van der Waals surface area contributed by atoms with Crippen LogP contribution in [0.15, 0.2) is 40.9 Å². The number of rotatable bonds is 3. The molecule has 0 saturated heterocycles. The standard InChI is InChI=1S/C17H20BrN/c1-11-5-6-17(16(18)10-11)19-14(4)15-8-12(2)7-13(3)9-15/h5-10,14,19H,1-4H3. The van der Waals surface area contributed by atoms with E-state index in [4.69, 9.17) is 0 Å². The van der Waals surface area contributed by atoms with Gasteiger partial charge in [-0.1, -0.05) is 35.4 Å². The largest absolute Gasteiger partial charge is 0.378 e. The Morgan fingerprint density at radius 1 is 0.895 bits per heavy atom. The minimum atomic E-state index is 0.289. The fourth-order valence-electron chi connectivity index (χ4n) is 2.31. The molecule has 0 spiro atoms. The van der Waals surface area contributed by atoms with Crippen LogP contribution in [-0.2, 0) is 0 Å². The van der Waals surface area contributed by atoms with Gasteiger partial charge in [-0.25, -0.2) is 0 Å². The van der Waals surface area contributed by atoms with Crippen molar-refractivity contribution in [1.82, 2.24) is 0 Å². The predicted molar refractivity (Wildman–Crippen MR) is 86.8 cm³/mol. The molecule has 0 heterocycles. The van der Waals surface area contributed by atoms with Crippen LogP contribution in [0.2, 0.25) is 0 Å². The highest BCUT2D eigenvalue weighted by Gasteiger charge is 2.08. The predicted octanol–water partition coefficient (Wildman–Crippen LogP) is 5.55. The molecule has 1 unspecified atom stereocenters. The summed E-state index contributed by atoms with van der Waals surface area (Å²) in [5.74, 6) is 0. The first-order valence-corrected chi connectivity index (χ1v) is 7.36. The Morgan fingerprint density at radius 2 is 1.53 bits per heavy atom. The van der Waals surface area contributed by atoms with Crippen LogP contribution < -0.4 is 5.32 Å². The van der Waals surface area contributed by atoms with Gasteiger partial charge < -0.3 is 5.32 Å². The number of nitrogens with one attached hydrogen (secondary N) is 1. The third-order valence-electron chi connectivity index (χ3n) is 3.24. The van der Waals surface area contributed by atoms with Crippen molar-refractivity contribution < 1.29 is 0 Å². The van der Waals surface area contributed by atoms with Gasteiger partial charge >= 0.3 is 0 Å². The molecular weight excluding hydrogens is 298 g/mol. The van der Waals surface area contributed by atoms with Crippen LogP contribution >= 0.6 is 15.9 Å². The van der Waals surface area contributed by atoms with E-state index in [1.54, 1.807) is 0 Å². The van der Waals surface area contributed by atoms with Crippen molar-refractivity contribution in [2.45, 2.75) is 33.7 Å². The highest BCUT2D eigenvalue weighted by Crippen LogP contribution is 2.28. The van der Waals surface area contributed by atoms with Crippen LogP contribution in [0.25, 0.3) is 0 Å². The van der Waals surface area contributed by atoms with Crippen LogP contribution in [0.3, 0.4) is 0 Å². The molecule has 19 heavy (non-hydrogen) atoms. The van der Waals surface area contributed by atoms with Crippen LogP contribution in [0.1, 0.15) is 35.2 Å². The first-order valence-electron chi connectivity index (χ1n) is 6.56. The minimum Gasteiger partial charge on any atom is -0.378 e. The van der Waals surface area contributed by atoms with Crippen molar-refractivity contribution in [3.05, 3.63) is 63.1 Å². The van der Waals surface area contributed by atoms with Gasteiger partial charge in [0, 0.05) is 16.2 Å². The first kappa shape index (κ1) is 14.1. The highest BCUT2D eigenvalue weighted by atomic mass is 79.9. The smallest absolute Gasteiger partial charge is 0.0489 e. The molecule has 0 aliphatic heterocycles. The summed E-state index contributed by atoms with van der Waals surface area (Å²) in [6.07, 6.45) is 0. The zero-order valence-electron chi connectivity index (χ0n) is 11.9.